The minimum atomic E-state index is -3.83. The smallest absolute Gasteiger partial charge is 0.240 e. The van der Waals surface area contributed by atoms with E-state index in [0.29, 0.717) is 16.1 Å². The summed E-state index contributed by atoms with van der Waals surface area (Å²) in [6, 6.07) is 12.8. The van der Waals surface area contributed by atoms with Gasteiger partial charge < -0.3 is 10.2 Å². The number of hydrogen-bond donors (Lipinski definition) is 3. The minimum Gasteiger partial charge on any atom is -0.393 e. The molecular formula is C16H18ClNO4S. The molecule has 0 aromatic heterocycles. The number of sulfonamides is 1. The van der Waals surface area contributed by atoms with Crippen LogP contribution < -0.4 is 4.72 Å². The Morgan fingerprint density at radius 1 is 1.17 bits per heavy atom. The zero-order chi connectivity index (χ0) is 17.1. The molecule has 2 aromatic carbocycles. The third kappa shape index (κ3) is 4.10. The average molecular weight is 356 g/mol. The van der Waals surface area contributed by atoms with Crippen LogP contribution in [0.1, 0.15) is 11.1 Å². The molecule has 2 rings (SSSR count). The maximum atomic E-state index is 12.3. The number of aliphatic hydroxyl groups excluding tert-OH is 1. The molecule has 23 heavy (non-hydrogen) atoms. The predicted molar refractivity (Wildman–Crippen MR) is 88.8 cm³/mol. The fraction of sp³-hybridized carbons (Fsp3) is 0.250. The Hall–Kier alpha value is -1.44. The molecule has 0 fully saturated rings. The Labute approximate surface area is 140 Å². The summed E-state index contributed by atoms with van der Waals surface area (Å²) in [6.45, 7) is 0.742. The monoisotopic (exact) mass is 355 g/mol. The second kappa shape index (κ2) is 6.98. The van der Waals surface area contributed by atoms with Gasteiger partial charge >= 0.3 is 0 Å². The van der Waals surface area contributed by atoms with E-state index in [1.165, 1.54) is 18.2 Å². The van der Waals surface area contributed by atoms with Gasteiger partial charge in [-0.1, -0.05) is 41.9 Å². The van der Waals surface area contributed by atoms with Crippen LogP contribution in [0.4, 0.5) is 0 Å². The predicted octanol–water partition coefficient (Wildman–Crippen LogP) is 1.81. The Kier molecular flexibility index (Phi) is 5.44. The molecule has 0 radical (unpaired) electrons. The third-order valence-electron chi connectivity index (χ3n) is 3.57. The van der Waals surface area contributed by atoms with Gasteiger partial charge in [0.15, 0.2) is 0 Å². The van der Waals surface area contributed by atoms with Gasteiger partial charge in [-0.05, 0) is 36.2 Å². The lowest BCUT2D eigenvalue weighted by molar-refractivity contribution is -0.0139. The highest BCUT2D eigenvalue weighted by atomic mass is 35.5. The van der Waals surface area contributed by atoms with Gasteiger partial charge in [0.05, 0.1) is 11.5 Å². The van der Waals surface area contributed by atoms with Crippen LogP contribution >= 0.6 is 11.6 Å². The summed E-state index contributed by atoms with van der Waals surface area (Å²) in [5.41, 5.74) is -0.636. The van der Waals surface area contributed by atoms with E-state index in [2.05, 4.69) is 4.72 Å². The summed E-state index contributed by atoms with van der Waals surface area (Å²) in [5.74, 6) is 0. The first-order valence-corrected chi connectivity index (χ1v) is 8.79. The van der Waals surface area contributed by atoms with Gasteiger partial charge in [0.25, 0.3) is 0 Å². The fourth-order valence-corrected chi connectivity index (χ4v) is 3.37. The maximum absolute atomic E-state index is 12.3. The van der Waals surface area contributed by atoms with E-state index >= 15 is 0 Å². The van der Waals surface area contributed by atoms with E-state index < -0.39 is 22.2 Å². The van der Waals surface area contributed by atoms with Crippen molar-refractivity contribution in [3.63, 3.8) is 0 Å². The van der Waals surface area contributed by atoms with Gasteiger partial charge in [-0.2, -0.15) is 0 Å². The molecule has 7 heteroatoms. The molecule has 124 valence electrons. The quantitative estimate of drug-likeness (QED) is 0.737. The van der Waals surface area contributed by atoms with E-state index in [-0.39, 0.29) is 11.4 Å². The molecule has 0 heterocycles. The van der Waals surface area contributed by atoms with Crippen LogP contribution in [0.3, 0.4) is 0 Å². The maximum Gasteiger partial charge on any atom is 0.240 e. The highest BCUT2D eigenvalue weighted by molar-refractivity contribution is 7.89. The molecule has 0 bridgehead atoms. The normalized spacial score (nSPS) is 14.4. The zero-order valence-corrected chi connectivity index (χ0v) is 14.1. The molecule has 5 nitrogen and oxygen atoms in total. The number of nitrogens with one attached hydrogen (secondary N) is 1. The van der Waals surface area contributed by atoms with Gasteiger partial charge in [-0.15, -0.1) is 0 Å². The lowest BCUT2D eigenvalue weighted by atomic mass is 9.95. The molecule has 0 saturated carbocycles. The summed E-state index contributed by atoms with van der Waals surface area (Å²) < 4.78 is 27.0. The van der Waals surface area contributed by atoms with E-state index in [1.807, 2.05) is 0 Å². The summed E-state index contributed by atoms with van der Waals surface area (Å²) in [6.07, 6.45) is 0. The largest absolute Gasteiger partial charge is 0.393 e. The van der Waals surface area contributed by atoms with Crippen molar-refractivity contribution in [2.75, 3.05) is 13.2 Å². The van der Waals surface area contributed by atoms with E-state index in [9.17, 15) is 18.6 Å². The molecule has 0 spiro atoms. The number of halogens is 1. The number of aryl methyl sites for hydroxylation is 1. The number of aliphatic hydroxyl groups is 2. The zero-order valence-electron chi connectivity index (χ0n) is 12.5. The Morgan fingerprint density at radius 2 is 1.83 bits per heavy atom. The summed E-state index contributed by atoms with van der Waals surface area (Å²) in [4.78, 5) is 0.0488. The Balaban J connectivity index is 2.22. The topological polar surface area (TPSA) is 86.6 Å². The molecular weight excluding hydrogens is 338 g/mol. The first-order valence-electron chi connectivity index (χ1n) is 6.93. The van der Waals surface area contributed by atoms with Crippen LogP contribution in [0.15, 0.2) is 53.4 Å². The highest BCUT2D eigenvalue weighted by Gasteiger charge is 2.30. The van der Waals surface area contributed by atoms with Gasteiger partial charge in [0, 0.05) is 11.6 Å². The summed E-state index contributed by atoms with van der Waals surface area (Å²) in [7, 11) is -3.83. The van der Waals surface area contributed by atoms with Crippen molar-refractivity contribution in [1.29, 1.82) is 0 Å². The summed E-state index contributed by atoms with van der Waals surface area (Å²) in [5, 5.41) is 20.5. The highest BCUT2D eigenvalue weighted by Crippen LogP contribution is 2.22. The fourth-order valence-electron chi connectivity index (χ4n) is 2.08. The molecule has 1 unspecified atom stereocenters. The van der Waals surface area contributed by atoms with Crippen LogP contribution in [0.25, 0.3) is 0 Å². The van der Waals surface area contributed by atoms with Gasteiger partial charge in [-0.25, -0.2) is 13.1 Å². The Morgan fingerprint density at radius 3 is 2.39 bits per heavy atom. The number of rotatable bonds is 6. The van der Waals surface area contributed by atoms with E-state index in [1.54, 1.807) is 37.3 Å². The average Bonchev–Trinajstić information content (AvgIpc) is 2.56. The van der Waals surface area contributed by atoms with Crippen molar-refractivity contribution in [3.8, 4) is 0 Å². The van der Waals surface area contributed by atoms with Crippen molar-refractivity contribution >= 4 is 21.6 Å². The van der Waals surface area contributed by atoms with Crippen LogP contribution in [0.5, 0.6) is 0 Å². The van der Waals surface area contributed by atoms with Crippen molar-refractivity contribution in [2.45, 2.75) is 17.4 Å². The van der Waals surface area contributed by atoms with Gasteiger partial charge in [0.2, 0.25) is 10.0 Å². The van der Waals surface area contributed by atoms with E-state index in [4.69, 9.17) is 11.6 Å². The van der Waals surface area contributed by atoms with Crippen molar-refractivity contribution < 1.29 is 18.6 Å². The minimum absolute atomic E-state index is 0.0488. The van der Waals surface area contributed by atoms with Crippen molar-refractivity contribution in [1.82, 2.24) is 4.72 Å². The van der Waals surface area contributed by atoms with Crippen LogP contribution in [-0.2, 0) is 15.6 Å². The lowest BCUT2D eigenvalue weighted by Crippen LogP contribution is -2.43. The van der Waals surface area contributed by atoms with Gasteiger partial charge in [-0.3, -0.25) is 0 Å². The molecule has 1 atom stereocenters. The molecule has 0 amide bonds. The number of hydrogen-bond acceptors (Lipinski definition) is 4. The third-order valence-corrected chi connectivity index (χ3v) is 5.39. The second-order valence-electron chi connectivity index (χ2n) is 5.29. The van der Waals surface area contributed by atoms with Crippen LogP contribution in [0, 0.1) is 6.92 Å². The lowest BCUT2D eigenvalue weighted by Gasteiger charge is -2.26. The first kappa shape index (κ1) is 17.9. The molecule has 0 saturated heterocycles. The molecule has 3 N–H and O–H groups in total. The SMILES string of the molecule is Cc1cc(S(=O)(=O)NCC(O)(CO)c2ccccc2)ccc1Cl. The first-order chi connectivity index (χ1) is 10.8. The second-order valence-corrected chi connectivity index (χ2v) is 7.47. The molecule has 0 aliphatic carbocycles. The molecule has 0 aliphatic heterocycles. The van der Waals surface area contributed by atoms with Crippen molar-refractivity contribution in [3.05, 3.63) is 64.7 Å². The van der Waals surface area contributed by atoms with Crippen molar-refractivity contribution in [2.24, 2.45) is 0 Å². The standard InChI is InChI=1S/C16H18ClNO4S/c1-12-9-14(7-8-15(12)17)23(21,22)18-10-16(20,11-19)13-5-3-2-4-6-13/h2-9,18-20H,10-11H2,1H3. The Bertz CT molecular complexity index is 780. The van der Waals surface area contributed by atoms with E-state index in [0.717, 1.165) is 0 Å². The van der Waals surface area contributed by atoms with Gasteiger partial charge in [0.1, 0.15) is 5.60 Å². The number of benzene rings is 2. The molecule has 0 aliphatic rings. The summed E-state index contributed by atoms with van der Waals surface area (Å²) >= 11 is 5.89. The van der Waals surface area contributed by atoms with Crippen LogP contribution in [0.2, 0.25) is 5.02 Å². The molecule has 2 aromatic rings. The van der Waals surface area contributed by atoms with Crippen LogP contribution in [-0.4, -0.2) is 31.8 Å².